The van der Waals surface area contributed by atoms with Gasteiger partial charge in [-0.15, -0.1) is 0 Å². The van der Waals surface area contributed by atoms with E-state index in [1.807, 2.05) is 0 Å². The Morgan fingerprint density at radius 1 is 1.33 bits per heavy atom. The minimum atomic E-state index is -0.758. The molecule has 1 heterocycles. The van der Waals surface area contributed by atoms with Crippen LogP contribution in [0.15, 0.2) is 12.4 Å². The van der Waals surface area contributed by atoms with Crippen molar-refractivity contribution in [2.24, 2.45) is 0 Å². The van der Waals surface area contributed by atoms with Crippen LogP contribution in [0.1, 0.15) is 31.7 Å². The fraction of sp³-hybridized carbons (Fsp3) is 0.583. The van der Waals surface area contributed by atoms with Crippen LogP contribution in [0.5, 0.6) is 0 Å². The molecule has 0 unspecified atom stereocenters. The second kappa shape index (κ2) is 8.41. The molecule has 0 radical (unpaired) electrons. The van der Waals surface area contributed by atoms with Crippen LogP contribution in [0, 0.1) is 0 Å². The van der Waals surface area contributed by atoms with Crippen LogP contribution in [0.4, 0.5) is 5.95 Å². The Bertz CT molecular complexity index is 354. The molecule has 0 aliphatic heterocycles. The number of aliphatic carboxylic acids is 1. The molecule has 0 aliphatic carbocycles. The highest BCUT2D eigenvalue weighted by atomic mass is 16.4. The van der Waals surface area contributed by atoms with Crippen molar-refractivity contribution in [3.63, 3.8) is 0 Å². The molecule has 0 aromatic carbocycles. The summed E-state index contributed by atoms with van der Waals surface area (Å²) in [7, 11) is 0. The first-order chi connectivity index (χ1) is 8.72. The number of carboxylic acid groups (broad SMARTS) is 1. The molecule has 18 heavy (non-hydrogen) atoms. The molecule has 3 N–H and O–H groups in total. The van der Waals surface area contributed by atoms with E-state index < -0.39 is 5.97 Å². The molecule has 0 amide bonds. The number of hydrogen-bond acceptors (Lipinski definition) is 5. The smallest absolute Gasteiger partial charge is 0.303 e. The second-order valence-corrected chi connectivity index (χ2v) is 4.02. The van der Waals surface area contributed by atoms with Crippen molar-refractivity contribution < 1.29 is 9.90 Å². The van der Waals surface area contributed by atoms with Crippen LogP contribution in [0.3, 0.4) is 0 Å². The van der Waals surface area contributed by atoms with E-state index in [4.69, 9.17) is 5.11 Å². The van der Waals surface area contributed by atoms with E-state index >= 15 is 0 Å². The van der Waals surface area contributed by atoms with Gasteiger partial charge in [0, 0.05) is 37.5 Å². The summed E-state index contributed by atoms with van der Waals surface area (Å²) in [5.74, 6) is -0.113. The number of carboxylic acids is 1. The number of rotatable bonds is 9. The van der Waals surface area contributed by atoms with E-state index in [9.17, 15) is 4.79 Å². The summed E-state index contributed by atoms with van der Waals surface area (Å²) in [6.45, 7) is 4.30. The number of nitrogens with zero attached hydrogens (tertiary/aromatic N) is 2. The van der Waals surface area contributed by atoms with Gasteiger partial charge in [-0.05, 0) is 19.4 Å². The Morgan fingerprint density at radius 3 is 2.67 bits per heavy atom. The molecule has 0 saturated carbocycles. The average Bonchev–Trinajstić information content (AvgIpc) is 2.37. The standard InChI is InChI=1S/C12H20N4O2/c1-2-5-14-12-15-8-10(9-16-12)7-13-6-3-4-11(17)18/h8-9,13H,2-7H2,1H3,(H,17,18)(H,14,15,16). The zero-order valence-electron chi connectivity index (χ0n) is 10.6. The monoisotopic (exact) mass is 252 g/mol. The molecule has 0 saturated heterocycles. The van der Waals surface area contributed by atoms with Gasteiger partial charge in [-0.2, -0.15) is 0 Å². The van der Waals surface area contributed by atoms with E-state index in [1.54, 1.807) is 12.4 Å². The molecule has 6 nitrogen and oxygen atoms in total. The minimum absolute atomic E-state index is 0.198. The fourth-order valence-corrected chi connectivity index (χ4v) is 1.37. The van der Waals surface area contributed by atoms with E-state index in [0.29, 0.717) is 25.5 Å². The number of aromatic nitrogens is 2. The number of nitrogens with one attached hydrogen (secondary N) is 2. The lowest BCUT2D eigenvalue weighted by molar-refractivity contribution is -0.137. The highest BCUT2D eigenvalue weighted by Gasteiger charge is 1.98. The van der Waals surface area contributed by atoms with Gasteiger partial charge in [0.15, 0.2) is 0 Å². The maximum Gasteiger partial charge on any atom is 0.303 e. The summed E-state index contributed by atoms with van der Waals surface area (Å²) < 4.78 is 0. The van der Waals surface area contributed by atoms with Crippen LogP contribution in [0.25, 0.3) is 0 Å². The van der Waals surface area contributed by atoms with E-state index in [2.05, 4.69) is 27.5 Å². The van der Waals surface area contributed by atoms with Gasteiger partial charge in [-0.25, -0.2) is 9.97 Å². The summed E-state index contributed by atoms with van der Waals surface area (Å²) in [6.07, 6.45) is 5.41. The van der Waals surface area contributed by atoms with E-state index in [0.717, 1.165) is 18.5 Å². The summed E-state index contributed by atoms with van der Waals surface area (Å²) >= 11 is 0. The number of carbonyl (C=O) groups is 1. The van der Waals surface area contributed by atoms with Gasteiger partial charge in [0.25, 0.3) is 0 Å². The predicted molar refractivity (Wildman–Crippen MR) is 69.4 cm³/mol. The maximum absolute atomic E-state index is 10.3. The Labute approximate surface area is 107 Å². The zero-order valence-corrected chi connectivity index (χ0v) is 10.6. The van der Waals surface area contributed by atoms with E-state index in [1.165, 1.54) is 0 Å². The molecule has 0 aliphatic rings. The molecule has 1 rings (SSSR count). The van der Waals surface area contributed by atoms with Gasteiger partial charge in [0.05, 0.1) is 0 Å². The molecule has 1 aromatic rings. The lowest BCUT2D eigenvalue weighted by Gasteiger charge is -2.05. The zero-order chi connectivity index (χ0) is 13.2. The molecular formula is C12H20N4O2. The third kappa shape index (κ3) is 6.15. The predicted octanol–water partition coefficient (Wildman–Crippen LogP) is 1.25. The highest BCUT2D eigenvalue weighted by molar-refractivity contribution is 5.66. The Morgan fingerprint density at radius 2 is 2.06 bits per heavy atom. The van der Waals surface area contributed by atoms with Gasteiger partial charge < -0.3 is 15.7 Å². The van der Waals surface area contributed by atoms with Gasteiger partial charge in [0.1, 0.15) is 0 Å². The van der Waals surface area contributed by atoms with Crippen LogP contribution < -0.4 is 10.6 Å². The molecule has 0 spiro atoms. The Hall–Kier alpha value is -1.69. The van der Waals surface area contributed by atoms with Crippen molar-refractivity contribution in [2.75, 3.05) is 18.4 Å². The van der Waals surface area contributed by atoms with E-state index in [-0.39, 0.29) is 6.42 Å². The Balaban J connectivity index is 2.20. The lowest BCUT2D eigenvalue weighted by Crippen LogP contribution is -2.16. The van der Waals surface area contributed by atoms with Crippen molar-refractivity contribution in [1.82, 2.24) is 15.3 Å². The van der Waals surface area contributed by atoms with Crippen molar-refractivity contribution in [1.29, 1.82) is 0 Å². The molecule has 0 fully saturated rings. The van der Waals surface area contributed by atoms with Gasteiger partial charge in [-0.1, -0.05) is 6.92 Å². The first-order valence-electron chi connectivity index (χ1n) is 6.19. The topological polar surface area (TPSA) is 87.1 Å². The normalized spacial score (nSPS) is 10.3. The minimum Gasteiger partial charge on any atom is -0.481 e. The van der Waals surface area contributed by atoms with Crippen molar-refractivity contribution in [3.05, 3.63) is 18.0 Å². The van der Waals surface area contributed by atoms with Gasteiger partial charge in [0.2, 0.25) is 5.95 Å². The van der Waals surface area contributed by atoms with Crippen molar-refractivity contribution in [2.45, 2.75) is 32.7 Å². The summed E-state index contributed by atoms with van der Waals surface area (Å²) in [6, 6.07) is 0. The van der Waals surface area contributed by atoms with Gasteiger partial charge in [-0.3, -0.25) is 4.79 Å². The lowest BCUT2D eigenvalue weighted by atomic mass is 10.3. The van der Waals surface area contributed by atoms with Crippen LogP contribution in [0.2, 0.25) is 0 Å². The molecule has 1 aromatic heterocycles. The SMILES string of the molecule is CCCNc1ncc(CNCCCC(=O)O)cn1. The molecule has 0 atom stereocenters. The van der Waals surface area contributed by atoms with Gasteiger partial charge >= 0.3 is 5.97 Å². The first-order valence-corrected chi connectivity index (χ1v) is 6.19. The summed E-state index contributed by atoms with van der Waals surface area (Å²) in [4.78, 5) is 18.7. The number of anilines is 1. The average molecular weight is 252 g/mol. The maximum atomic E-state index is 10.3. The Kier molecular flexibility index (Phi) is 6.71. The van der Waals surface area contributed by atoms with Crippen LogP contribution >= 0.6 is 0 Å². The molecule has 100 valence electrons. The number of hydrogen-bond donors (Lipinski definition) is 3. The molecule has 6 heteroatoms. The van der Waals surface area contributed by atoms with Crippen molar-refractivity contribution in [3.8, 4) is 0 Å². The third-order valence-corrected chi connectivity index (χ3v) is 2.31. The van der Waals surface area contributed by atoms with Crippen LogP contribution in [-0.4, -0.2) is 34.1 Å². The fourth-order valence-electron chi connectivity index (χ4n) is 1.37. The summed E-state index contributed by atoms with van der Waals surface area (Å²) in [5, 5.41) is 14.7. The quantitative estimate of drug-likeness (QED) is 0.573. The first kappa shape index (κ1) is 14.4. The summed E-state index contributed by atoms with van der Waals surface area (Å²) in [5.41, 5.74) is 0.993. The third-order valence-electron chi connectivity index (χ3n) is 2.31. The highest BCUT2D eigenvalue weighted by Crippen LogP contribution is 2.00. The molecular weight excluding hydrogens is 232 g/mol. The second-order valence-electron chi connectivity index (χ2n) is 4.02. The largest absolute Gasteiger partial charge is 0.481 e. The molecule has 0 bridgehead atoms. The van der Waals surface area contributed by atoms with Crippen molar-refractivity contribution >= 4 is 11.9 Å². The van der Waals surface area contributed by atoms with Crippen LogP contribution in [-0.2, 0) is 11.3 Å².